The molecule has 0 radical (unpaired) electrons. The smallest absolute Gasteiger partial charge is 0.339 e. The lowest BCUT2D eigenvalue weighted by molar-refractivity contribution is -0.0560. The summed E-state index contributed by atoms with van der Waals surface area (Å²) in [6.45, 7) is 1.59. The molecule has 2 amide bonds. The van der Waals surface area contributed by atoms with Crippen molar-refractivity contribution >= 4 is 12.1 Å². The second kappa shape index (κ2) is 7.81. The highest BCUT2D eigenvalue weighted by molar-refractivity contribution is 5.71. The van der Waals surface area contributed by atoms with Gasteiger partial charge in [0.05, 0.1) is 6.04 Å². The van der Waals surface area contributed by atoms with Crippen LogP contribution in [0.2, 0.25) is 0 Å². The number of amides is 2. The lowest BCUT2D eigenvalue weighted by Gasteiger charge is -2.17. The molecule has 0 aliphatic carbocycles. The van der Waals surface area contributed by atoms with Gasteiger partial charge in [-0.05, 0) is 30.7 Å². The Morgan fingerprint density at radius 2 is 2.00 bits per heavy atom. The summed E-state index contributed by atoms with van der Waals surface area (Å²) >= 11 is 0. The second-order valence-corrected chi connectivity index (χ2v) is 5.03. The quantitative estimate of drug-likeness (QED) is 0.649. The van der Waals surface area contributed by atoms with E-state index in [1.165, 1.54) is 0 Å². The van der Waals surface area contributed by atoms with E-state index < -0.39 is 12.1 Å². The van der Waals surface area contributed by atoms with Crippen molar-refractivity contribution < 1.29 is 14.7 Å². The summed E-state index contributed by atoms with van der Waals surface area (Å²) in [5, 5.41) is 19.3. The third-order valence-corrected chi connectivity index (χ3v) is 3.31. The SMILES string of the molecule is CC(C=Cc1cccc(Oc2ccccc2)c1C#N)N(O)C(N)=O. The summed E-state index contributed by atoms with van der Waals surface area (Å²) in [5.74, 6) is 1.05. The van der Waals surface area contributed by atoms with Gasteiger partial charge in [-0.3, -0.25) is 5.21 Å². The average Bonchev–Trinajstić information content (AvgIpc) is 2.59. The fourth-order valence-electron chi connectivity index (χ4n) is 2.03. The first-order chi connectivity index (χ1) is 11.5. The molecule has 1 unspecified atom stereocenters. The van der Waals surface area contributed by atoms with Gasteiger partial charge < -0.3 is 10.5 Å². The van der Waals surface area contributed by atoms with Gasteiger partial charge in [0, 0.05) is 0 Å². The zero-order chi connectivity index (χ0) is 17.5. The molecule has 3 N–H and O–H groups in total. The summed E-state index contributed by atoms with van der Waals surface area (Å²) in [6, 6.07) is 14.9. The van der Waals surface area contributed by atoms with E-state index in [4.69, 9.17) is 10.5 Å². The predicted octanol–water partition coefficient (Wildman–Crippen LogP) is 3.52. The number of nitriles is 1. The zero-order valence-electron chi connectivity index (χ0n) is 13.1. The number of rotatable bonds is 5. The van der Waals surface area contributed by atoms with Gasteiger partial charge in [0.15, 0.2) is 0 Å². The number of urea groups is 1. The van der Waals surface area contributed by atoms with Gasteiger partial charge in [-0.1, -0.05) is 42.5 Å². The monoisotopic (exact) mass is 323 g/mol. The maximum atomic E-state index is 10.9. The van der Waals surface area contributed by atoms with Crippen molar-refractivity contribution in [2.75, 3.05) is 0 Å². The molecule has 2 aromatic rings. The molecule has 0 aliphatic heterocycles. The molecule has 0 spiro atoms. The van der Waals surface area contributed by atoms with Crippen molar-refractivity contribution in [1.82, 2.24) is 5.06 Å². The number of nitrogens with two attached hydrogens (primary N) is 1. The Hall–Kier alpha value is -3.30. The molecular weight excluding hydrogens is 306 g/mol. The van der Waals surface area contributed by atoms with Gasteiger partial charge in [-0.25, -0.2) is 4.79 Å². The van der Waals surface area contributed by atoms with Crippen molar-refractivity contribution in [2.45, 2.75) is 13.0 Å². The van der Waals surface area contributed by atoms with E-state index in [1.54, 1.807) is 49.4 Å². The van der Waals surface area contributed by atoms with Crippen LogP contribution in [0.25, 0.3) is 6.08 Å². The van der Waals surface area contributed by atoms with Crippen LogP contribution in [0.4, 0.5) is 4.79 Å². The summed E-state index contributed by atoms with van der Waals surface area (Å²) in [5.41, 5.74) is 5.96. The molecule has 24 heavy (non-hydrogen) atoms. The molecule has 6 heteroatoms. The van der Waals surface area contributed by atoms with E-state index >= 15 is 0 Å². The first-order valence-electron chi connectivity index (χ1n) is 7.24. The number of nitrogens with zero attached hydrogens (tertiary/aromatic N) is 2. The Morgan fingerprint density at radius 1 is 1.29 bits per heavy atom. The lowest BCUT2D eigenvalue weighted by atomic mass is 10.1. The largest absolute Gasteiger partial charge is 0.456 e. The summed E-state index contributed by atoms with van der Waals surface area (Å²) in [7, 11) is 0. The predicted molar refractivity (Wildman–Crippen MR) is 89.4 cm³/mol. The molecule has 1 atom stereocenters. The van der Waals surface area contributed by atoms with Crippen LogP contribution in [0.15, 0.2) is 54.6 Å². The third kappa shape index (κ3) is 4.12. The van der Waals surface area contributed by atoms with E-state index in [0.29, 0.717) is 27.7 Å². The molecular formula is C18H17N3O3. The number of carbonyl (C=O) groups is 1. The van der Waals surface area contributed by atoms with Gasteiger partial charge in [0.1, 0.15) is 23.1 Å². The Kier molecular flexibility index (Phi) is 5.55. The highest BCUT2D eigenvalue weighted by Gasteiger charge is 2.13. The standard InChI is InChI=1S/C18H17N3O3/c1-13(21(23)18(20)22)10-11-14-6-5-9-17(16(14)12-19)24-15-7-3-2-4-8-15/h2-11,13,23H,1H3,(H2,20,22). The van der Waals surface area contributed by atoms with Crippen LogP contribution in [0.5, 0.6) is 11.5 Å². The Balaban J connectivity index is 2.27. The minimum absolute atomic E-state index is 0.355. The normalized spacial score (nSPS) is 11.7. The Bertz CT molecular complexity index is 782. The minimum atomic E-state index is -0.950. The molecule has 0 bridgehead atoms. The fourth-order valence-corrected chi connectivity index (χ4v) is 2.03. The molecule has 6 nitrogen and oxygen atoms in total. The van der Waals surface area contributed by atoms with Crippen LogP contribution in [0.3, 0.4) is 0 Å². The van der Waals surface area contributed by atoms with Crippen LogP contribution >= 0.6 is 0 Å². The third-order valence-electron chi connectivity index (χ3n) is 3.31. The minimum Gasteiger partial charge on any atom is -0.456 e. The maximum absolute atomic E-state index is 10.9. The highest BCUT2D eigenvalue weighted by atomic mass is 16.5. The number of para-hydroxylation sites is 1. The van der Waals surface area contributed by atoms with Crippen LogP contribution in [0, 0.1) is 11.3 Å². The number of hydrogen-bond donors (Lipinski definition) is 2. The Morgan fingerprint density at radius 3 is 2.62 bits per heavy atom. The molecule has 0 heterocycles. The topological polar surface area (TPSA) is 99.6 Å². The van der Waals surface area contributed by atoms with Crippen molar-refractivity contribution in [3.63, 3.8) is 0 Å². The van der Waals surface area contributed by atoms with Crippen LogP contribution in [-0.4, -0.2) is 22.3 Å². The second-order valence-electron chi connectivity index (χ2n) is 5.03. The molecule has 0 fully saturated rings. The average molecular weight is 323 g/mol. The summed E-state index contributed by atoms with van der Waals surface area (Å²) < 4.78 is 5.74. The summed E-state index contributed by atoms with van der Waals surface area (Å²) in [6.07, 6.45) is 3.19. The molecule has 0 aromatic heterocycles. The molecule has 0 aliphatic rings. The van der Waals surface area contributed by atoms with Crippen molar-refractivity contribution in [2.24, 2.45) is 5.73 Å². The van der Waals surface area contributed by atoms with E-state index in [9.17, 15) is 15.3 Å². The fraction of sp³-hybridized carbons (Fsp3) is 0.111. The van der Waals surface area contributed by atoms with E-state index in [0.717, 1.165) is 0 Å². The number of benzene rings is 2. The molecule has 122 valence electrons. The number of hydrogen-bond acceptors (Lipinski definition) is 4. The van der Waals surface area contributed by atoms with Crippen molar-refractivity contribution in [1.29, 1.82) is 5.26 Å². The zero-order valence-corrected chi connectivity index (χ0v) is 13.1. The highest BCUT2D eigenvalue weighted by Crippen LogP contribution is 2.27. The van der Waals surface area contributed by atoms with Gasteiger partial charge in [0.2, 0.25) is 0 Å². The Labute approximate surface area is 140 Å². The maximum Gasteiger partial charge on any atom is 0.339 e. The molecule has 0 saturated carbocycles. The van der Waals surface area contributed by atoms with Crippen LogP contribution < -0.4 is 10.5 Å². The first-order valence-corrected chi connectivity index (χ1v) is 7.24. The van der Waals surface area contributed by atoms with E-state index in [2.05, 4.69) is 6.07 Å². The molecule has 2 aromatic carbocycles. The van der Waals surface area contributed by atoms with Gasteiger partial charge in [-0.15, -0.1) is 0 Å². The van der Waals surface area contributed by atoms with Gasteiger partial charge in [-0.2, -0.15) is 10.3 Å². The number of carbonyl (C=O) groups excluding carboxylic acids is 1. The number of ether oxygens (including phenoxy) is 1. The molecule has 2 rings (SSSR count). The van der Waals surface area contributed by atoms with Gasteiger partial charge in [0.25, 0.3) is 0 Å². The van der Waals surface area contributed by atoms with Crippen LogP contribution in [-0.2, 0) is 0 Å². The van der Waals surface area contributed by atoms with E-state index in [-0.39, 0.29) is 0 Å². The number of primary amides is 1. The van der Waals surface area contributed by atoms with Crippen molar-refractivity contribution in [3.05, 3.63) is 65.7 Å². The van der Waals surface area contributed by atoms with E-state index in [1.807, 2.05) is 18.2 Å². The first kappa shape index (κ1) is 17.1. The van der Waals surface area contributed by atoms with Crippen molar-refractivity contribution in [3.8, 4) is 17.6 Å². The van der Waals surface area contributed by atoms with Crippen LogP contribution in [0.1, 0.15) is 18.1 Å². The van der Waals surface area contributed by atoms with Gasteiger partial charge >= 0.3 is 6.03 Å². The number of hydroxylamine groups is 2. The lowest BCUT2D eigenvalue weighted by Crippen LogP contribution is -2.38. The summed E-state index contributed by atoms with van der Waals surface area (Å²) in [4.78, 5) is 10.9. The molecule has 0 saturated heterocycles.